The average molecular weight is 486 g/mol. The highest BCUT2D eigenvalue weighted by Crippen LogP contribution is 2.41. The molecular formula is C23H20BrNO6. The molecule has 8 heteroatoms. The lowest BCUT2D eigenvalue weighted by atomic mass is 9.99. The Hall–Kier alpha value is -2.84. The number of ketones is 1. The van der Waals surface area contributed by atoms with E-state index in [9.17, 15) is 14.7 Å². The summed E-state index contributed by atoms with van der Waals surface area (Å²) in [6, 6.07) is 9.64. The van der Waals surface area contributed by atoms with Gasteiger partial charge in [0, 0.05) is 23.0 Å². The highest BCUT2D eigenvalue weighted by Gasteiger charge is 2.47. The van der Waals surface area contributed by atoms with Crippen LogP contribution in [0.2, 0.25) is 0 Å². The minimum Gasteiger partial charge on any atom is -0.503 e. The van der Waals surface area contributed by atoms with Crippen molar-refractivity contribution < 1.29 is 28.3 Å². The minimum absolute atomic E-state index is 0.0459. The SMILES string of the molecule is Cc1ccc(C2C(C(=O)c3cc4cc(Br)ccc4o3)=C(O)C(=O)N2CC2CCCO2)o1. The van der Waals surface area contributed by atoms with Gasteiger partial charge in [0.05, 0.1) is 11.7 Å². The molecule has 1 N–H and O–H groups in total. The summed E-state index contributed by atoms with van der Waals surface area (Å²) in [5.74, 6) is -0.636. The molecule has 3 aromatic rings. The Morgan fingerprint density at radius 1 is 1.23 bits per heavy atom. The van der Waals surface area contributed by atoms with Crippen LogP contribution in [-0.4, -0.2) is 41.0 Å². The molecule has 1 saturated heterocycles. The number of rotatable bonds is 5. The highest BCUT2D eigenvalue weighted by atomic mass is 79.9. The summed E-state index contributed by atoms with van der Waals surface area (Å²) in [7, 11) is 0. The van der Waals surface area contributed by atoms with E-state index < -0.39 is 23.5 Å². The Morgan fingerprint density at radius 3 is 2.77 bits per heavy atom. The molecule has 1 fully saturated rings. The van der Waals surface area contributed by atoms with Crippen LogP contribution < -0.4 is 0 Å². The summed E-state index contributed by atoms with van der Waals surface area (Å²) >= 11 is 3.40. The standard InChI is InChI=1S/C23H20BrNO6/c1-12-4-6-17(30-12)20-19(22(27)23(28)25(20)11-15-3-2-8-29-15)21(26)18-10-13-9-14(24)5-7-16(13)31-18/h4-7,9-10,15,20,27H,2-3,8,11H2,1H3. The van der Waals surface area contributed by atoms with Crippen molar-refractivity contribution in [1.82, 2.24) is 4.90 Å². The van der Waals surface area contributed by atoms with Gasteiger partial charge in [-0.1, -0.05) is 15.9 Å². The fraction of sp³-hybridized carbons (Fsp3) is 0.304. The summed E-state index contributed by atoms with van der Waals surface area (Å²) in [5, 5.41) is 11.5. The molecule has 2 aromatic heterocycles. The number of fused-ring (bicyclic) bond motifs is 1. The van der Waals surface area contributed by atoms with Crippen molar-refractivity contribution in [3.8, 4) is 0 Å². The van der Waals surface area contributed by atoms with E-state index in [0.717, 1.165) is 22.7 Å². The van der Waals surface area contributed by atoms with E-state index in [1.165, 1.54) is 4.90 Å². The summed E-state index contributed by atoms with van der Waals surface area (Å²) in [6.07, 6.45) is 1.58. The molecule has 4 heterocycles. The number of aliphatic hydroxyl groups excluding tert-OH is 1. The van der Waals surface area contributed by atoms with Crippen molar-refractivity contribution >= 4 is 38.6 Å². The lowest BCUT2D eigenvalue weighted by molar-refractivity contribution is -0.131. The van der Waals surface area contributed by atoms with Crippen LogP contribution in [0.1, 0.15) is 41.0 Å². The Kier molecular flexibility index (Phi) is 4.98. The Bertz CT molecular complexity index is 1220. The van der Waals surface area contributed by atoms with Crippen LogP contribution >= 0.6 is 15.9 Å². The maximum absolute atomic E-state index is 13.5. The van der Waals surface area contributed by atoms with Crippen LogP contribution in [0.3, 0.4) is 0 Å². The molecule has 0 bridgehead atoms. The summed E-state index contributed by atoms with van der Waals surface area (Å²) in [6.45, 7) is 2.68. The molecule has 2 atom stereocenters. The largest absolute Gasteiger partial charge is 0.503 e. The number of hydrogen-bond acceptors (Lipinski definition) is 6. The van der Waals surface area contributed by atoms with E-state index >= 15 is 0 Å². The third kappa shape index (κ3) is 3.49. The minimum atomic E-state index is -0.849. The predicted octanol–water partition coefficient (Wildman–Crippen LogP) is 4.85. The topological polar surface area (TPSA) is 93.1 Å². The molecule has 0 radical (unpaired) electrons. The zero-order valence-corrected chi connectivity index (χ0v) is 18.3. The van der Waals surface area contributed by atoms with E-state index in [0.29, 0.717) is 23.7 Å². The van der Waals surface area contributed by atoms with Crippen LogP contribution in [0, 0.1) is 6.92 Å². The number of nitrogens with zero attached hydrogens (tertiary/aromatic N) is 1. The van der Waals surface area contributed by atoms with Gasteiger partial charge in [0.1, 0.15) is 23.1 Å². The smallest absolute Gasteiger partial charge is 0.290 e. The van der Waals surface area contributed by atoms with Gasteiger partial charge in [-0.25, -0.2) is 0 Å². The van der Waals surface area contributed by atoms with Crippen molar-refractivity contribution in [2.45, 2.75) is 31.9 Å². The van der Waals surface area contributed by atoms with Crippen molar-refractivity contribution in [2.24, 2.45) is 0 Å². The van der Waals surface area contributed by atoms with Gasteiger partial charge >= 0.3 is 0 Å². The first kappa shape index (κ1) is 20.1. The monoisotopic (exact) mass is 485 g/mol. The number of Topliss-reactive ketones (excluding diaryl/α,β-unsaturated/α-hetero) is 1. The third-order valence-electron chi connectivity index (χ3n) is 5.71. The molecule has 7 nitrogen and oxygen atoms in total. The van der Waals surface area contributed by atoms with Gasteiger partial charge in [0.2, 0.25) is 5.78 Å². The molecular weight excluding hydrogens is 466 g/mol. The Morgan fingerprint density at radius 2 is 2.06 bits per heavy atom. The summed E-state index contributed by atoms with van der Waals surface area (Å²) in [4.78, 5) is 27.9. The normalized spacial score (nSPS) is 21.6. The van der Waals surface area contributed by atoms with Gasteiger partial charge < -0.3 is 23.6 Å². The molecule has 0 saturated carbocycles. The molecule has 5 rings (SSSR count). The van der Waals surface area contributed by atoms with Crippen molar-refractivity contribution in [1.29, 1.82) is 0 Å². The van der Waals surface area contributed by atoms with Gasteiger partial charge in [0.25, 0.3) is 5.91 Å². The summed E-state index contributed by atoms with van der Waals surface area (Å²) in [5.41, 5.74) is 0.494. The fourth-order valence-electron chi connectivity index (χ4n) is 4.24. The highest BCUT2D eigenvalue weighted by molar-refractivity contribution is 9.10. The van der Waals surface area contributed by atoms with E-state index in [1.54, 1.807) is 31.2 Å². The second-order valence-electron chi connectivity index (χ2n) is 7.83. The van der Waals surface area contributed by atoms with Gasteiger partial charge in [0.15, 0.2) is 11.5 Å². The van der Waals surface area contributed by atoms with E-state index in [-0.39, 0.29) is 24.0 Å². The average Bonchev–Trinajstić information content (AvgIpc) is 3.52. The second kappa shape index (κ2) is 7.69. The lowest BCUT2D eigenvalue weighted by Gasteiger charge is -2.27. The van der Waals surface area contributed by atoms with Crippen molar-refractivity contribution in [2.75, 3.05) is 13.2 Å². The summed E-state index contributed by atoms with van der Waals surface area (Å²) < 4.78 is 18.1. The zero-order valence-electron chi connectivity index (χ0n) is 16.8. The number of aliphatic hydroxyl groups is 1. The molecule has 31 heavy (non-hydrogen) atoms. The second-order valence-corrected chi connectivity index (χ2v) is 8.74. The number of halogens is 1. The van der Waals surface area contributed by atoms with Crippen LogP contribution in [-0.2, 0) is 9.53 Å². The van der Waals surface area contributed by atoms with Gasteiger partial charge in [-0.15, -0.1) is 0 Å². The maximum Gasteiger partial charge on any atom is 0.290 e. The van der Waals surface area contributed by atoms with Crippen LogP contribution in [0.5, 0.6) is 0 Å². The molecule has 0 spiro atoms. The zero-order chi connectivity index (χ0) is 21.7. The van der Waals surface area contributed by atoms with Crippen molar-refractivity contribution in [3.63, 3.8) is 0 Å². The quantitative estimate of drug-likeness (QED) is 0.519. The Balaban J connectivity index is 1.56. The predicted molar refractivity (Wildman–Crippen MR) is 115 cm³/mol. The first-order valence-corrected chi connectivity index (χ1v) is 10.9. The number of carbonyl (C=O) groups is 2. The molecule has 2 aliphatic heterocycles. The van der Waals surface area contributed by atoms with Gasteiger partial charge in [-0.05, 0) is 56.2 Å². The van der Waals surface area contributed by atoms with Crippen molar-refractivity contribution in [3.05, 3.63) is 69.5 Å². The lowest BCUT2D eigenvalue weighted by Crippen LogP contribution is -2.37. The molecule has 160 valence electrons. The molecule has 1 amide bonds. The number of benzene rings is 1. The number of ether oxygens (including phenoxy) is 1. The first-order chi connectivity index (χ1) is 14.9. The third-order valence-corrected chi connectivity index (χ3v) is 6.20. The van der Waals surface area contributed by atoms with Gasteiger partial charge in [-0.2, -0.15) is 0 Å². The van der Waals surface area contributed by atoms with E-state index in [4.69, 9.17) is 13.6 Å². The number of carbonyl (C=O) groups excluding carboxylic acids is 2. The van der Waals surface area contributed by atoms with Crippen LogP contribution in [0.4, 0.5) is 0 Å². The molecule has 2 aliphatic rings. The molecule has 1 aromatic carbocycles. The number of amides is 1. The number of aryl methyl sites for hydroxylation is 1. The number of furan rings is 2. The number of hydrogen-bond donors (Lipinski definition) is 1. The molecule has 0 aliphatic carbocycles. The maximum atomic E-state index is 13.5. The van der Waals surface area contributed by atoms with E-state index in [1.807, 2.05) is 12.1 Å². The molecule has 2 unspecified atom stereocenters. The van der Waals surface area contributed by atoms with Gasteiger partial charge in [-0.3, -0.25) is 9.59 Å². The fourth-order valence-corrected chi connectivity index (χ4v) is 4.62. The van der Waals surface area contributed by atoms with Crippen LogP contribution in [0.25, 0.3) is 11.0 Å². The Labute approximate surface area is 186 Å². The van der Waals surface area contributed by atoms with Crippen LogP contribution in [0.15, 0.2) is 61.0 Å². The first-order valence-electron chi connectivity index (χ1n) is 10.1. The van der Waals surface area contributed by atoms with E-state index in [2.05, 4.69) is 15.9 Å².